The Bertz CT molecular complexity index is 1260. The number of pyridine rings is 1. The lowest BCUT2D eigenvalue weighted by atomic mass is 10.1. The summed E-state index contributed by atoms with van der Waals surface area (Å²) in [5, 5.41) is 8.38. The second kappa shape index (κ2) is 6.63. The molecule has 1 fully saturated rings. The molecule has 0 atom stereocenters. The minimum Gasteiger partial charge on any atom is -0.367 e. The monoisotopic (exact) mass is 396 g/mol. The van der Waals surface area contributed by atoms with Gasteiger partial charge in [-0.05, 0) is 49.2 Å². The summed E-state index contributed by atoms with van der Waals surface area (Å²) in [5.41, 5.74) is 1.55. The van der Waals surface area contributed by atoms with Crippen LogP contribution in [-0.4, -0.2) is 20.8 Å². The number of nitrogens with zero attached hydrogens (tertiary/aromatic N) is 2. The van der Waals surface area contributed by atoms with Crippen molar-refractivity contribution < 1.29 is 4.39 Å². The van der Waals surface area contributed by atoms with Crippen molar-refractivity contribution in [2.45, 2.75) is 31.7 Å². The average Bonchev–Trinajstić information content (AvgIpc) is 3.30. The molecule has 4 aromatic rings. The van der Waals surface area contributed by atoms with Crippen molar-refractivity contribution in [1.29, 1.82) is 0 Å². The molecule has 0 unspecified atom stereocenters. The molecule has 2 N–H and O–H groups in total. The van der Waals surface area contributed by atoms with Crippen LogP contribution in [0, 0.1) is 5.82 Å². The molecule has 1 saturated carbocycles. The van der Waals surface area contributed by atoms with E-state index in [0.29, 0.717) is 33.5 Å². The van der Waals surface area contributed by atoms with Gasteiger partial charge in [-0.1, -0.05) is 30.5 Å². The average molecular weight is 397 g/mol. The van der Waals surface area contributed by atoms with Gasteiger partial charge in [0.1, 0.15) is 17.0 Å². The van der Waals surface area contributed by atoms with Gasteiger partial charge in [0, 0.05) is 16.5 Å². The summed E-state index contributed by atoms with van der Waals surface area (Å²) in [6, 6.07) is 11.7. The van der Waals surface area contributed by atoms with Crippen LogP contribution in [0.4, 0.5) is 10.2 Å². The fourth-order valence-electron chi connectivity index (χ4n) is 4.00. The zero-order valence-corrected chi connectivity index (χ0v) is 15.8. The van der Waals surface area contributed by atoms with E-state index in [2.05, 4.69) is 10.4 Å². The minimum absolute atomic E-state index is 0.268. The van der Waals surface area contributed by atoms with E-state index in [9.17, 15) is 9.18 Å². The highest BCUT2D eigenvalue weighted by atomic mass is 35.5. The van der Waals surface area contributed by atoms with E-state index in [1.165, 1.54) is 29.7 Å². The zero-order chi connectivity index (χ0) is 19.3. The summed E-state index contributed by atoms with van der Waals surface area (Å²) < 4.78 is 15.1. The molecule has 1 aliphatic rings. The van der Waals surface area contributed by atoms with E-state index >= 15 is 0 Å². The van der Waals surface area contributed by atoms with Crippen molar-refractivity contribution in [2.75, 3.05) is 5.32 Å². The van der Waals surface area contributed by atoms with Crippen molar-refractivity contribution in [3.8, 4) is 5.69 Å². The van der Waals surface area contributed by atoms with Crippen LogP contribution in [0.1, 0.15) is 25.7 Å². The van der Waals surface area contributed by atoms with E-state index in [1.807, 2.05) is 6.07 Å². The van der Waals surface area contributed by atoms with Gasteiger partial charge >= 0.3 is 0 Å². The third kappa shape index (κ3) is 2.85. The van der Waals surface area contributed by atoms with Crippen LogP contribution in [0.2, 0.25) is 5.02 Å². The third-order valence-corrected chi connectivity index (χ3v) is 5.59. The van der Waals surface area contributed by atoms with Crippen molar-refractivity contribution in [1.82, 2.24) is 14.8 Å². The molecule has 28 heavy (non-hydrogen) atoms. The fraction of sp³-hybridized carbons (Fsp3) is 0.238. The summed E-state index contributed by atoms with van der Waals surface area (Å²) >= 11 is 6.19. The predicted octanol–water partition coefficient (Wildman–Crippen LogP) is 5.01. The van der Waals surface area contributed by atoms with Gasteiger partial charge in [-0.2, -0.15) is 0 Å². The van der Waals surface area contributed by atoms with Gasteiger partial charge in [0.2, 0.25) is 0 Å². The van der Waals surface area contributed by atoms with Crippen molar-refractivity contribution in [2.24, 2.45) is 0 Å². The molecular formula is C21H18ClFN4O. The molecule has 1 aliphatic carbocycles. The molecule has 2 aromatic carbocycles. The molecule has 0 spiro atoms. The van der Waals surface area contributed by atoms with Crippen LogP contribution < -0.4 is 10.9 Å². The number of fused-ring (bicyclic) bond motifs is 3. The summed E-state index contributed by atoms with van der Waals surface area (Å²) in [6.07, 6.45) is 4.46. The number of rotatable bonds is 3. The standard InChI is InChI=1S/C21H18ClFN4O/c22-12-8-9-17-16(10-12)19-18(20(25-17)24-14-5-1-2-6-14)21(28)27(26-19)15-7-3-4-13(23)11-15/h3-4,7-11,14,26H,1-2,5-6H2,(H,24,25). The van der Waals surface area contributed by atoms with Crippen molar-refractivity contribution >= 4 is 39.2 Å². The van der Waals surface area contributed by atoms with Crippen molar-refractivity contribution in [3.63, 3.8) is 0 Å². The van der Waals surface area contributed by atoms with Crippen molar-refractivity contribution in [3.05, 3.63) is 63.7 Å². The molecule has 0 amide bonds. The van der Waals surface area contributed by atoms with E-state index in [1.54, 1.807) is 24.3 Å². The van der Waals surface area contributed by atoms with E-state index < -0.39 is 5.82 Å². The summed E-state index contributed by atoms with van der Waals surface area (Å²) in [4.78, 5) is 18.0. The van der Waals surface area contributed by atoms with Gasteiger partial charge in [-0.3, -0.25) is 9.89 Å². The number of anilines is 1. The number of halogens is 2. The molecule has 5 nitrogen and oxygen atoms in total. The first-order valence-electron chi connectivity index (χ1n) is 9.36. The third-order valence-electron chi connectivity index (χ3n) is 5.35. The Morgan fingerprint density at radius 1 is 1.18 bits per heavy atom. The second-order valence-electron chi connectivity index (χ2n) is 7.23. The molecule has 0 aliphatic heterocycles. The molecule has 142 valence electrons. The smallest absolute Gasteiger partial charge is 0.282 e. The van der Waals surface area contributed by atoms with E-state index in [-0.39, 0.29) is 5.56 Å². The first kappa shape index (κ1) is 17.3. The van der Waals surface area contributed by atoms with Crippen LogP contribution in [0.5, 0.6) is 0 Å². The van der Waals surface area contributed by atoms with Crippen LogP contribution in [0.3, 0.4) is 0 Å². The Labute approximate surface area is 165 Å². The number of nitrogens with one attached hydrogen (secondary N) is 2. The topological polar surface area (TPSA) is 62.7 Å². The van der Waals surface area contributed by atoms with Crippen LogP contribution >= 0.6 is 11.6 Å². The maximum atomic E-state index is 13.7. The summed E-state index contributed by atoms with van der Waals surface area (Å²) in [6.45, 7) is 0. The van der Waals surface area contributed by atoms with Gasteiger partial charge in [-0.15, -0.1) is 0 Å². The van der Waals surface area contributed by atoms with Crippen LogP contribution in [0.25, 0.3) is 27.5 Å². The van der Waals surface area contributed by atoms with Gasteiger partial charge < -0.3 is 5.32 Å². The van der Waals surface area contributed by atoms with Crippen LogP contribution in [-0.2, 0) is 0 Å². The Kier molecular flexibility index (Phi) is 4.09. The Morgan fingerprint density at radius 3 is 2.79 bits per heavy atom. The van der Waals surface area contributed by atoms with Crippen LogP contribution in [0.15, 0.2) is 47.3 Å². The molecule has 0 radical (unpaired) electrons. The number of aromatic nitrogens is 3. The SMILES string of the molecule is O=c1c2c(NC3CCCC3)nc3ccc(Cl)cc3c2[nH]n1-c1cccc(F)c1. The normalized spacial score (nSPS) is 14.9. The Balaban J connectivity index is 1.80. The highest BCUT2D eigenvalue weighted by molar-refractivity contribution is 6.31. The lowest BCUT2D eigenvalue weighted by molar-refractivity contribution is 0.625. The predicted molar refractivity (Wildman–Crippen MR) is 110 cm³/mol. The zero-order valence-electron chi connectivity index (χ0n) is 15.0. The molecule has 2 heterocycles. The van der Waals surface area contributed by atoms with Gasteiger partial charge in [0.05, 0.1) is 16.7 Å². The number of hydrogen-bond acceptors (Lipinski definition) is 3. The Hall–Kier alpha value is -2.86. The fourth-order valence-corrected chi connectivity index (χ4v) is 4.17. The van der Waals surface area contributed by atoms with E-state index in [4.69, 9.17) is 16.6 Å². The maximum absolute atomic E-state index is 13.7. The number of H-pyrrole nitrogens is 1. The lowest BCUT2D eigenvalue weighted by Crippen LogP contribution is -2.19. The molecule has 0 bridgehead atoms. The number of benzene rings is 2. The largest absolute Gasteiger partial charge is 0.367 e. The van der Waals surface area contributed by atoms with Gasteiger partial charge in [0.15, 0.2) is 0 Å². The second-order valence-corrected chi connectivity index (χ2v) is 7.67. The highest BCUT2D eigenvalue weighted by Crippen LogP contribution is 2.31. The Morgan fingerprint density at radius 2 is 2.00 bits per heavy atom. The van der Waals surface area contributed by atoms with E-state index in [0.717, 1.165) is 23.7 Å². The summed E-state index contributed by atoms with van der Waals surface area (Å²) in [5.74, 6) is 0.159. The minimum atomic E-state index is -0.404. The molecule has 0 saturated heterocycles. The molecule has 2 aromatic heterocycles. The van der Waals surface area contributed by atoms with Gasteiger partial charge in [-0.25, -0.2) is 14.1 Å². The first-order valence-corrected chi connectivity index (χ1v) is 9.74. The molecule has 5 rings (SSSR count). The number of aromatic amines is 1. The number of hydrogen-bond donors (Lipinski definition) is 2. The molecular weight excluding hydrogens is 379 g/mol. The quantitative estimate of drug-likeness (QED) is 0.511. The molecule has 7 heteroatoms. The lowest BCUT2D eigenvalue weighted by Gasteiger charge is -2.14. The maximum Gasteiger partial charge on any atom is 0.282 e. The first-order chi connectivity index (χ1) is 13.6. The highest BCUT2D eigenvalue weighted by Gasteiger charge is 2.21. The van der Waals surface area contributed by atoms with Gasteiger partial charge in [0.25, 0.3) is 5.56 Å². The summed E-state index contributed by atoms with van der Waals surface area (Å²) in [7, 11) is 0.